The van der Waals surface area contributed by atoms with Gasteiger partial charge < -0.3 is 19.3 Å². The standard InChI is InChI=1S/C17H22O5/c1-12(9-15(18)20-4)5-6-17(19)13(2)10-16(11-14(17)3)21-7-8-22-16/h5-6,9-11,19H,7-8H2,1-4H3/b6-5+,12-9-. The van der Waals surface area contributed by atoms with Crippen molar-refractivity contribution in [3.05, 3.63) is 47.1 Å². The molecule has 1 N–H and O–H groups in total. The molecule has 0 atom stereocenters. The van der Waals surface area contributed by atoms with Gasteiger partial charge in [0.25, 0.3) is 0 Å². The summed E-state index contributed by atoms with van der Waals surface area (Å²) < 4.78 is 15.8. The highest BCUT2D eigenvalue weighted by molar-refractivity contribution is 5.83. The molecule has 5 heteroatoms. The number of hydrogen-bond acceptors (Lipinski definition) is 5. The first-order valence-electron chi connectivity index (χ1n) is 7.17. The fourth-order valence-corrected chi connectivity index (χ4v) is 2.59. The summed E-state index contributed by atoms with van der Waals surface area (Å²) in [5.74, 6) is -1.28. The molecule has 0 bridgehead atoms. The van der Waals surface area contributed by atoms with E-state index in [0.29, 0.717) is 18.8 Å². The quantitative estimate of drug-likeness (QED) is 0.374. The molecule has 1 heterocycles. The van der Waals surface area contributed by atoms with Gasteiger partial charge in [0, 0.05) is 6.08 Å². The third kappa shape index (κ3) is 3.21. The molecule has 5 nitrogen and oxygen atoms in total. The highest BCUT2D eigenvalue weighted by atomic mass is 16.7. The molecule has 0 saturated carbocycles. The topological polar surface area (TPSA) is 65.0 Å². The summed E-state index contributed by atoms with van der Waals surface area (Å²) in [6.45, 7) is 6.48. The molecular weight excluding hydrogens is 284 g/mol. The zero-order valence-electron chi connectivity index (χ0n) is 13.4. The molecule has 1 aliphatic heterocycles. The second-order valence-corrected chi connectivity index (χ2v) is 5.58. The normalized spacial score (nSPS) is 23.6. The molecule has 0 amide bonds. The number of carbonyl (C=O) groups excluding carboxylic acids is 1. The number of aliphatic hydroxyl groups is 1. The van der Waals surface area contributed by atoms with Gasteiger partial charge in [-0.05, 0) is 55.7 Å². The van der Waals surface area contributed by atoms with Crippen molar-refractivity contribution in [2.45, 2.75) is 32.2 Å². The minimum absolute atomic E-state index is 0.427. The first-order chi connectivity index (χ1) is 10.3. The van der Waals surface area contributed by atoms with Gasteiger partial charge in [-0.15, -0.1) is 0 Å². The molecule has 0 aromatic rings. The zero-order chi connectivity index (χ0) is 16.4. The zero-order valence-corrected chi connectivity index (χ0v) is 13.4. The van der Waals surface area contributed by atoms with E-state index in [4.69, 9.17) is 9.47 Å². The summed E-state index contributed by atoms with van der Waals surface area (Å²) in [4.78, 5) is 11.2. The van der Waals surface area contributed by atoms with Crippen molar-refractivity contribution in [3.63, 3.8) is 0 Å². The van der Waals surface area contributed by atoms with Crippen LogP contribution >= 0.6 is 0 Å². The predicted octanol–water partition coefficient (Wildman–Crippen LogP) is 2.04. The third-order valence-corrected chi connectivity index (χ3v) is 3.91. The van der Waals surface area contributed by atoms with E-state index in [1.807, 2.05) is 13.8 Å². The smallest absolute Gasteiger partial charge is 0.330 e. The highest BCUT2D eigenvalue weighted by Crippen LogP contribution is 2.39. The van der Waals surface area contributed by atoms with Crippen LogP contribution in [-0.2, 0) is 19.0 Å². The van der Waals surface area contributed by atoms with Crippen LogP contribution in [0, 0.1) is 0 Å². The van der Waals surface area contributed by atoms with Gasteiger partial charge in [-0.25, -0.2) is 4.79 Å². The summed E-state index contributed by atoms with van der Waals surface area (Å²) >= 11 is 0. The van der Waals surface area contributed by atoms with Crippen LogP contribution in [-0.4, -0.2) is 42.8 Å². The Hall–Kier alpha value is -1.69. The third-order valence-electron chi connectivity index (χ3n) is 3.91. The molecule has 1 saturated heterocycles. The van der Waals surface area contributed by atoms with E-state index in [0.717, 1.165) is 11.1 Å². The van der Waals surface area contributed by atoms with Crippen molar-refractivity contribution in [1.82, 2.24) is 0 Å². The molecule has 1 spiro atoms. The molecule has 1 aliphatic carbocycles. The van der Waals surface area contributed by atoms with Gasteiger partial charge in [-0.2, -0.15) is 0 Å². The average molecular weight is 306 g/mol. The van der Waals surface area contributed by atoms with Gasteiger partial charge in [0.05, 0.1) is 20.3 Å². The molecule has 2 aliphatic rings. The lowest BCUT2D eigenvalue weighted by Gasteiger charge is -2.36. The number of hydrogen-bond donors (Lipinski definition) is 1. The number of methoxy groups -OCH3 is 1. The summed E-state index contributed by atoms with van der Waals surface area (Å²) in [6.07, 6.45) is 8.29. The van der Waals surface area contributed by atoms with Crippen LogP contribution in [0.25, 0.3) is 0 Å². The Labute approximate surface area is 130 Å². The maximum Gasteiger partial charge on any atom is 0.330 e. The Morgan fingerprint density at radius 2 is 1.82 bits per heavy atom. The van der Waals surface area contributed by atoms with E-state index in [1.165, 1.54) is 13.2 Å². The summed E-state index contributed by atoms with van der Waals surface area (Å²) in [6, 6.07) is 0. The minimum Gasteiger partial charge on any atom is -0.466 e. The Morgan fingerprint density at radius 1 is 1.27 bits per heavy atom. The maximum atomic E-state index is 11.2. The van der Waals surface area contributed by atoms with Crippen LogP contribution in [0.2, 0.25) is 0 Å². The maximum absolute atomic E-state index is 11.2. The number of carbonyl (C=O) groups is 1. The first kappa shape index (κ1) is 16.7. The number of ether oxygens (including phenoxy) is 3. The molecule has 2 rings (SSSR count). The fourth-order valence-electron chi connectivity index (χ4n) is 2.59. The molecular formula is C17H22O5. The second kappa shape index (κ2) is 6.20. The van der Waals surface area contributed by atoms with E-state index >= 15 is 0 Å². The van der Waals surface area contributed by atoms with Crippen molar-refractivity contribution in [2.75, 3.05) is 20.3 Å². The highest BCUT2D eigenvalue weighted by Gasteiger charge is 2.42. The number of rotatable bonds is 3. The van der Waals surface area contributed by atoms with Crippen LogP contribution in [0.1, 0.15) is 20.8 Å². The predicted molar refractivity (Wildman–Crippen MR) is 82.0 cm³/mol. The second-order valence-electron chi connectivity index (χ2n) is 5.58. The van der Waals surface area contributed by atoms with E-state index in [1.54, 1.807) is 31.2 Å². The van der Waals surface area contributed by atoms with Crippen molar-refractivity contribution in [2.24, 2.45) is 0 Å². The van der Waals surface area contributed by atoms with Crippen molar-refractivity contribution in [3.8, 4) is 0 Å². The Balaban J connectivity index is 2.25. The molecule has 120 valence electrons. The molecule has 0 unspecified atom stereocenters. The SMILES string of the molecule is COC(=O)/C=C(C)\C=C\C1(O)C(C)=CC2(C=C1C)OCCO2. The van der Waals surface area contributed by atoms with Crippen molar-refractivity contribution >= 4 is 5.97 Å². The molecule has 0 radical (unpaired) electrons. The van der Waals surface area contributed by atoms with Crippen LogP contribution < -0.4 is 0 Å². The largest absolute Gasteiger partial charge is 0.466 e. The lowest BCUT2D eigenvalue weighted by Crippen LogP contribution is -2.39. The number of allylic oxidation sites excluding steroid dienone is 2. The van der Waals surface area contributed by atoms with E-state index in [9.17, 15) is 9.90 Å². The number of esters is 1. The van der Waals surface area contributed by atoms with Crippen LogP contribution in [0.3, 0.4) is 0 Å². The van der Waals surface area contributed by atoms with Crippen molar-refractivity contribution in [1.29, 1.82) is 0 Å². The molecule has 0 aromatic carbocycles. The van der Waals surface area contributed by atoms with Crippen molar-refractivity contribution < 1.29 is 24.1 Å². The average Bonchev–Trinajstić information content (AvgIpc) is 2.90. The Bertz CT molecular complexity index is 552. The van der Waals surface area contributed by atoms with E-state index < -0.39 is 17.4 Å². The van der Waals surface area contributed by atoms with Gasteiger partial charge >= 0.3 is 5.97 Å². The van der Waals surface area contributed by atoms with E-state index in [2.05, 4.69) is 4.74 Å². The van der Waals surface area contributed by atoms with Gasteiger partial charge in [-0.1, -0.05) is 6.08 Å². The van der Waals surface area contributed by atoms with Gasteiger partial charge in [0.2, 0.25) is 5.79 Å². The summed E-state index contributed by atoms with van der Waals surface area (Å²) in [5, 5.41) is 10.9. The van der Waals surface area contributed by atoms with Crippen LogP contribution in [0.4, 0.5) is 0 Å². The van der Waals surface area contributed by atoms with Gasteiger partial charge in [0.1, 0.15) is 5.60 Å². The van der Waals surface area contributed by atoms with Crippen LogP contribution in [0.5, 0.6) is 0 Å². The van der Waals surface area contributed by atoms with Crippen LogP contribution in [0.15, 0.2) is 47.1 Å². The lowest BCUT2D eigenvalue weighted by molar-refractivity contribution is -0.134. The summed E-state index contributed by atoms with van der Waals surface area (Å²) in [7, 11) is 1.32. The fraction of sp³-hybridized carbons (Fsp3) is 0.471. The Morgan fingerprint density at radius 3 is 2.32 bits per heavy atom. The molecule has 22 heavy (non-hydrogen) atoms. The summed E-state index contributed by atoms with van der Waals surface area (Å²) in [5.41, 5.74) is 0.911. The molecule has 1 fully saturated rings. The van der Waals surface area contributed by atoms with Gasteiger partial charge in [-0.3, -0.25) is 0 Å². The first-order valence-corrected chi connectivity index (χ1v) is 7.17. The van der Waals surface area contributed by atoms with E-state index in [-0.39, 0.29) is 0 Å². The monoisotopic (exact) mass is 306 g/mol. The molecule has 0 aromatic heterocycles. The van der Waals surface area contributed by atoms with Gasteiger partial charge in [0.15, 0.2) is 0 Å². The lowest BCUT2D eigenvalue weighted by atomic mass is 9.80. The Kier molecular flexibility index (Phi) is 4.70. The minimum atomic E-state index is -1.22.